The second-order valence-corrected chi connectivity index (χ2v) is 7.39. The number of carboxylic acids is 1. The van der Waals surface area contributed by atoms with Crippen LogP contribution < -0.4 is 4.72 Å². The molecule has 0 aromatic heterocycles. The average molecular weight is 317 g/mol. The molecule has 0 heterocycles. The second kappa shape index (κ2) is 7.66. The van der Waals surface area contributed by atoms with Gasteiger partial charge in [-0.25, -0.2) is 17.9 Å². The molecule has 1 aromatic carbocycles. The van der Waals surface area contributed by atoms with Crippen LogP contribution in [-0.2, 0) is 15.8 Å². The van der Waals surface area contributed by atoms with Gasteiger partial charge < -0.3 is 5.11 Å². The number of carboxylic acid groups (broad SMARTS) is 1. The van der Waals surface area contributed by atoms with Gasteiger partial charge in [-0.15, -0.1) is 0 Å². The van der Waals surface area contributed by atoms with E-state index in [1.807, 2.05) is 13.2 Å². The van der Waals surface area contributed by atoms with Crippen LogP contribution in [0.2, 0.25) is 0 Å². The van der Waals surface area contributed by atoms with Crippen LogP contribution in [0.3, 0.4) is 0 Å². The van der Waals surface area contributed by atoms with E-state index in [4.69, 9.17) is 5.11 Å². The summed E-state index contributed by atoms with van der Waals surface area (Å²) in [6.45, 7) is 2.40. The number of hydrogen-bond donors (Lipinski definition) is 2. The number of thioether (sulfide) groups is 1. The average Bonchev–Trinajstić information content (AvgIpc) is 2.37. The highest BCUT2D eigenvalue weighted by atomic mass is 32.2. The SMILES string of the molecule is CSCC(C)CNS(=O)(=O)Cc1ccc(C(=O)O)cc1. The maximum atomic E-state index is 11.9. The lowest BCUT2D eigenvalue weighted by molar-refractivity contribution is 0.0697. The third kappa shape index (κ3) is 5.94. The topological polar surface area (TPSA) is 83.5 Å². The zero-order chi connectivity index (χ0) is 15.2. The van der Waals surface area contributed by atoms with E-state index < -0.39 is 16.0 Å². The van der Waals surface area contributed by atoms with E-state index in [1.165, 1.54) is 24.3 Å². The van der Waals surface area contributed by atoms with Crippen molar-refractivity contribution >= 4 is 27.8 Å². The van der Waals surface area contributed by atoms with Crippen molar-refractivity contribution in [3.63, 3.8) is 0 Å². The minimum atomic E-state index is -3.39. The molecular formula is C13H19NO4S2. The predicted molar refractivity (Wildman–Crippen MR) is 81.6 cm³/mol. The molecule has 0 aliphatic rings. The first kappa shape index (κ1) is 17.0. The van der Waals surface area contributed by atoms with Gasteiger partial charge in [0.2, 0.25) is 10.0 Å². The maximum Gasteiger partial charge on any atom is 0.335 e. The van der Waals surface area contributed by atoms with Crippen molar-refractivity contribution in [2.75, 3.05) is 18.6 Å². The number of sulfonamides is 1. The fraction of sp³-hybridized carbons (Fsp3) is 0.462. The summed E-state index contributed by atoms with van der Waals surface area (Å²) in [5, 5.41) is 8.77. The molecule has 1 rings (SSSR count). The Balaban J connectivity index is 2.59. The Morgan fingerprint density at radius 3 is 2.45 bits per heavy atom. The molecule has 0 saturated heterocycles. The van der Waals surface area contributed by atoms with Crippen LogP contribution in [0, 0.1) is 5.92 Å². The van der Waals surface area contributed by atoms with Gasteiger partial charge in [-0.2, -0.15) is 11.8 Å². The van der Waals surface area contributed by atoms with Crippen LogP contribution in [0.5, 0.6) is 0 Å². The van der Waals surface area contributed by atoms with E-state index in [0.717, 1.165) is 5.75 Å². The molecular weight excluding hydrogens is 298 g/mol. The number of rotatable bonds is 8. The molecule has 1 atom stereocenters. The molecule has 0 aliphatic heterocycles. The van der Waals surface area contributed by atoms with Gasteiger partial charge in [-0.1, -0.05) is 19.1 Å². The first-order chi connectivity index (χ1) is 9.34. The summed E-state index contributed by atoms with van der Waals surface area (Å²) >= 11 is 1.68. The van der Waals surface area contributed by atoms with Gasteiger partial charge in [0.05, 0.1) is 11.3 Å². The largest absolute Gasteiger partial charge is 0.478 e. The summed E-state index contributed by atoms with van der Waals surface area (Å²) in [4.78, 5) is 10.7. The zero-order valence-electron chi connectivity index (χ0n) is 11.5. The van der Waals surface area contributed by atoms with Gasteiger partial charge in [0.15, 0.2) is 0 Å². The molecule has 2 N–H and O–H groups in total. The number of aromatic carboxylic acids is 1. The first-order valence-electron chi connectivity index (χ1n) is 6.12. The highest BCUT2D eigenvalue weighted by Crippen LogP contribution is 2.09. The number of carbonyl (C=O) groups is 1. The highest BCUT2D eigenvalue weighted by Gasteiger charge is 2.13. The van der Waals surface area contributed by atoms with Gasteiger partial charge in [-0.3, -0.25) is 0 Å². The van der Waals surface area contributed by atoms with Crippen molar-refractivity contribution < 1.29 is 18.3 Å². The predicted octanol–water partition coefficient (Wildman–Crippen LogP) is 1.80. The van der Waals surface area contributed by atoms with Crippen molar-refractivity contribution in [1.82, 2.24) is 4.72 Å². The van der Waals surface area contributed by atoms with Gasteiger partial charge in [0.25, 0.3) is 0 Å². The van der Waals surface area contributed by atoms with E-state index in [0.29, 0.717) is 12.1 Å². The molecule has 20 heavy (non-hydrogen) atoms. The lowest BCUT2D eigenvalue weighted by Gasteiger charge is -2.11. The summed E-state index contributed by atoms with van der Waals surface area (Å²) in [5.74, 6) is 0.00641. The minimum absolute atomic E-state index is 0.140. The summed E-state index contributed by atoms with van der Waals surface area (Å²) in [5.41, 5.74) is 0.715. The normalized spacial score (nSPS) is 13.1. The lowest BCUT2D eigenvalue weighted by atomic mass is 10.1. The van der Waals surface area contributed by atoms with E-state index >= 15 is 0 Å². The van der Waals surface area contributed by atoms with Crippen molar-refractivity contribution in [2.45, 2.75) is 12.7 Å². The molecule has 1 aromatic rings. The molecule has 0 saturated carbocycles. The van der Waals surface area contributed by atoms with Crippen molar-refractivity contribution in [2.24, 2.45) is 5.92 Å². The fourth-order valence-electron chi connectivity index (χ4n) is 1.63. The first-order valence-corrected chi connectivity index (χ1v) is 9.17. The van der Waals surface area contributed by atoms with Crippen molar-refractivity contribution in [3.8, 4) is 0 Å². The summed E-state index contributed by atoms with van der Waals surface area (Å²) < 4.78 is 26.4. The summed E-state index contributed by atoms with van der Waals surface area (Å²) in [6.07, 6.45) is 1.98. The maximum absolute atomic E-state index is 11.9. The Hall–Kier alpha value is -1.05. The quantitative estimate of drug-likeness (QED) is 0.764. The Morgan fingerprint density at radius 1 is 1.35 bits per heavy atom. The Labute approximate surface area is 123 Å². The van der Waals surface area contributed by atoms with E-state index in [2.05, 4.69) is 4.72 Å². The zero-order valence-corrected chi connectivity index (χ0v) is 13.1. The van der Waals surface area contributed by atoms with Gasteiger partial charge in [0, 0.05) is 6.54 Å². The van der Waals surface area contributed by atoms with Gasteiger partial charge in [-0.05, 0) is 35.6 Å². The number of nitrogens with one attached hydrogen (secondary N) is 1. The van der Waals surface area contributed by atoms with E-state index in [-0.39, 0.29) is 17.2 Å². The van der Waals surface area contributed by atoms with E-state index in [9.17, 15) is 13.2 Å². The number of hydrogen-bond acceptors (Lipinski definition) is 4. The molecule has 5 nitrogen and oxygen atoms in total. The Morgan fingerprint density at radius 2 is 1.95 bits per heavy atom. The van der Waals surface area contributed by atoms with Crippen LogP contribution in [0.15, 0.2) is 24.3 Å². The molecule has 1 unspecified atom stereocenters. The van der Waals surface area contributed by atoms with Crippen molar-refractivity contribution in [1.29, 1.82) is 0 Å². The van der Waals surface area contributed by atoms with Crippen LogP contribution in [0.25, 0.3) is 0 Å². The molecule has 0 fully saturated rings. The standard InChI is InChI=1S/C13H19NO4S2/c1-10(8-19-2)7-14-20(17,18)9-11-3-5-12(6-4-11)13(15)16/h3-6,10,14H,7-9H2,1-2H3,(H,15,16). The van der Waals surface area contributed by atoms with Crippen LogP contribution in [-0.4, -0.2) is 38.0 Å². The molecule has 0 radical (unpaired) electrons. The van der Waals surface area contributed by atoms with E-state index in [1.54, 1.807) is 11.8 Å². The second-order valence-electron chi connectivity index (χ2n) is 4.67. The van der Waals surface area contributed by atoms with Gasteiger partial charge >= 0.3 is 5.97 Å². The third-order valence-corrected chi connectivity index (χ3v) is 4.88. The van der Waals surface area contributed by atoms with Crippen molar-refractivity contribution in [3.05, 3.63) is 35.4 Å². The highest BCUT2D eigenvalue weighted by molar-refractivity contribution is 7.98. The Kier molecular flexibility index (Phi) is 6.51. The molecule has 0 aliphatic carbocycles. The smallest absolute Gasteiger partial charge is 0.335 e. The summed E-state index contributed by atoms with van der Waals surface area (Å²) in [6, 6.07) is 5.86. The summed E-state index contributed by atoms with van der Waals surface area (Å²) in [7, 11) is -3.39. The molecule has 0 amide bonds. The van der Waals surface area contributed by atoms with Crippen LogP contribution in [0.1, 0.15) is 22.8 Å². The minimum Gasteiger partial charge on any atom is -0.478 e. The lowest BCUT2D eigenvalue weighted by Crippen LogP contribution is -2.30. The van der Waals surface area contributed by atoms with Crippen LogP contribution >= 0.6 is 11.8 Å². The molecule has 112 valence electrons. The Bertz CT molecular complexity index is 540. The molecule has 0 spiro atoms. The fourth-order valence-corrected chi connectivity index (χ4v) is 3.59. The monoisotopic (exact) mass is 317 g/mol. The molecule has 7 heteroatoms. The third-order valence-electron chi connectivity index (χ3n) is 2.66. The van der Waals surface area contributed by atoms with Gasteiger partial charge in [0.1, 0.15) is 0 Å². The molecule has 0 bridgehead atoms. The van der Waals surface area contributed by atoms with Crippen LogP contribution in [0.4, 0.5) is 0 Å². The number of benzene rings is 1.